The Kier molecular flexibility index (Phi) is 6.80. The Bertz CT molecular complexity index is 1160. The summed E-state index contributed by atoms with van der Waals surface area (Å²) in [6, 6.07) is 12.2. The third-order valence-electron chi connectivity index (χ3n) is 5.00. The highest BCUT2D eigenvalue weighted by atomic mass is 35.5. The van der Waals surface area contributed by atoms with Crippen molar-refractivity contribution in [2.75, 3.05) is 24.8 Å². The summed E-state index contributed by atoms with van der Waals surface area (Å²) in [4.78, 5) is 30.4. The van der Waals surface area contributed by atoms with Crippen molar-refractivity contribution in [3.8, 4) is 5.75 Å². The minimum absolute atomic E-state index is 0.0236. The van der Waals surface area contributed by atoms with Crippen molar-refractivity contribution in [2.45, 2.75) is 30.6 Å². The first-order chi connectivity index (χ1) is 15.0. The van der Waals surface area contributed by atoms with Gasteiger partial charge in [0.2, 0.25) is 5.91 Å². The number of nitrogens with one attached hydrogen (secondary N) is 1. The van der Waals surface area contributed by atoms with Crippen LogP contribution in [0.1, 0.15) is 12.8 Å². The molecule has 0 radical (unpaired) electrons. The third kappa shape index (κ3) is 5.03. The second-order valence-electron chi connectivity index (χ2n) is 7.14. The number of ether oxygens (including phenoxy) is 2. The number of hydrogen-bond donors (Lipinski definition) is 1. The molecule has 2 aromatic carbocycles. The van der Waals surface area contributed by atoms with Crippen molar-refractivity contribution in [1.29, 1.82) is 0 Å². The van der Waals surface area contributed by atoms with Crippen LogP contribution in [0, 0.1) is 0 Å². The fourth-order valence-corrected chi connectivity index (χ4v) is 4.49. The Hall–Kier alpha value is -2.55. The lowest BCUT2D eigenvalue weighted by molar-refractivity contribution is -0.113. The van der Waals surface area contributed by atoms with Crippen molar-refractivity contribution in [2.24, 2.45) is 0 Å². The Balaban J connectivity index is 1.56. The van der Waals surface area contributed by atoms with Gasteiger partial charge in [-0.3, -0.25) is 14.2 Å². The van der Waals surface area contributed by atoms with E-state index in [4.69, 9.17) is 21.1 Å². The molecule has 3 aromatic rings. The van der Waals surface area contributed by atoms with Crippen LogP contribution in [0.5, 0.6) is 5.75 Å². The predicted molar refractivity (Wildman–Crippen MR) is 122 cm³/mol. The molecule has 1 saturated heterocycles. The van der Waals surface area contributed by atoms with Gasteiger partial charge in [-0.2, -0.15) is 0 Å². The molecular formula is C22H22ClN3O4S. The number of amides is 1. The molecule has 1 N–H and O–H groups in total. The molecule has 9 heteroatoms. The lowest BCUT2D eigenvalue weighted by Crippen LogP contribution is -2.29. The molecule has 1 amide bonds. The van der Waals surface area contributed by atoms with Gasteiger partial charge in [0, 0.05) is 11.6 Å². The smallest absolute Gasteiger partial charge is 0.262 e. The number of para-hydroxylation sites is 1. The zero-order valence-electron chi connectivity index (χ0n) is 17.0. The van der Waals surface area contributed by atoms with Gasteiger partial charge in [0.15, 0.2) is 5.16 Å². The number of carbonyl (C=O) groups is 1. The molecule has 162 valence electrons. The highest BCUT2D eigenvalue weighted by Gasteiger charge is 2.21. The summed E-state index contributed by atoms with van der Waals surface area (Å²) in [6.45, 7) is 1.12. The molecule has 1 aliphatic heterocycles. The summed E-state index contributed by atoms with van der Waals surface area (Å²) < 4.78 is 12.6. The van der Waals surface area contributed by atoms with Gasteiger partial charge in [-0.25, -0.2) is 4.98 Å². The Morgan fingerprint density at radius 1 is 1.35 bits per heavy atom. The van der Waals surface area contributed by atoms with E-state index in [1.54, 1.807) is 34.9 Å². The monoisotopic (exact) mass is 459 g/mol. The standard InChI is InChI=1S/C22H22ClN3O4S/c1-29-19-9-8-14(23)11-18(19)24-20(27)13-31-22-25-17-7-3-2-6-16(17)21(28)26(22)12-15-5-4-10-30-15/h2-3,6-9,11,15H,4-5,10,12-13H2,1H3,(H,24,27)/t15-/m0/s1. The van der Waals surface area contributed by atoms with E-state index >= 15 is 0 Å². The second kappa shape index (κ2) is 9.72. The van der Waals surface area contributed by atoms with Crippen LogP contribution in [-0.2, 0) is 16.1 Å². The molecule has 1 aromatic heterocycles. The highest BCUT2D eigenvalue weighted by Crippen LogP contribution is 2.28. The molecule has 1 atom stereocenters. The zero-order chi connectivity index (χ0) is 21.8. The molecule has 0 saturated carbocycles. The number of anilines is 1. The highest BCUT2D eigenvalue weighted by molar-refractivity contribution is 7.99. The number of thioether (sulfide) groups is 1. The van der Waals surface area contributed by atoms with E-state index in [0.29, 0.717) is 45.7 Å². The van der Waals surface area contributed by atoms with Gasteiger partial charge in [-0.1, -0.05) is 35.5 Å². The number of hydrogen-bond acceptors (Lipinski definition) is 6. The van der Waals surface area contributed by atoms with Crippen molar-refractivity contribution in [3.05, 3.63) is 57.8 Å². The average molecular weight is 460 g/mol. The first kappa shape index (κ1) is 21.7. The topological polar surface area (TPSA) is 82.5 Å². The van der Waals surface area contributed by atoms with Crippen LogP contribution >= 0.6 is 23.4 Å². The zero-order valence-corrected chi connectivity index (χ0v) is 18.5. The van der Waals surface area contributed by atoms with Gasteiger partial charge in [-0.05, 0) is 43.2 Å². The Morgan fingerprint density at radius 2 is 2.19 bits per heavy atom. The fraction of sp³-hybridized carbons (Fsp3) is 0.318. The molecule has 4 rings (SSSR count). The summed E-state index contributed by atoms with van der Waals surface area (Å²) in [5, 5.41) is 4.35. The maximum absolute atomic E-state index is 13.1. The van der Waals surface area contributed by atoms with E-state index in [2.05, 4.69) is 10.3 Å². The number of fused-ring (bicyclic) bond motifs is 1. The molecular weight excluding hydrogens is 438 g/mol. The van der Waals surface area contributed by atoms with Crippen LogP contribution in [0.3, 0.4) is 0 Å². The number of methoxy groups -OCH3 is 1. The molecule has 31 heavy (non-hydrogen) atoms. The molecule has 0 bridgehead atoms. The number of halogens is 1. The molecule has 0 aliphatic carbocycles. The quantitative estimate of drug-likeness (QED) is 0.425. The number of carbonyl (C=O) groups excluding carboxylic acids is 1. The number of aromatic nitrogens is 2. The summed E-state index contributed by atoms with van der Waals surface area (Å²) in [5.74, 6) is 0.338. The minimum atomic E-state index is -0.253. The van der Waals surface area contributed by atoms with Gasteiger partial charge in [0.25, 0.3) is 5.56 Å². The van der Waals surface area contributed by atoms with Gasteiger partial charge >= 0.3 is 0 Å². The summed E-state index contributed by atoms with van der Waals surface area (Å²) in [6.07, 6.45) is 1.86. The predicted octanol–water partition coefficient (Wildman–Crippen LogP) is 3.97. The van der Waals surface area contributed by atoms with Gasteiger partial charge in [0.1, 0.15) is 5.75 Å². The molecule has 0 spiro atoms. The van der Waals surface area contributed by atoms with Crippen LogP contribution in [0.15, 0.2) is 52.4 Å². The van der Waals surface area contributed by atoms with Crippen LogP contribution in [0.4, 0.5) is 5.69 Å². The van der Waals surface area contributed by atoms with Gasteiger partial charge in [0.05, 0.1) is 42.1 Å². The number of benzene rings is 2. The number of nitrogens with zero attached hydrogens (tertiary/aromatic N) is 2. The SMILES string of the molecule is COc1ccc(Cl)cc1NC(=O)CSc1nc2ccccc2c(=O)n1C[C@@H]1CCCO1. The Morgan fingerprint density at radius 3 is 2.97 bits per heavy atom. The molecule has 1 aliphatic rings. The molecule has 2 heterocycles. The van der Waals surface area contributed by atoms with Crippen molar-refractivity contribution in [1.82, 2.24) is 9.55 Å². The average Bonchev–Trinajstić information content (AvgIpc) is 3.28. The van der Waals surface area contributed by atoms with Crippen LogP contribution in [0.25, 0.3) is 10.9 Å². The van der Waals surface area contributed by atoms with E-state index in [-0.39, 0.29) is 23.3 Å². The molecule has 1 fully saturated rings. The summed E-state index contributed by atoms with van der Waals surface area (Å²) in [5.41, 5.74) is 0.972. The van der Waals surface area contributed by atoms with Gasteiger partial charge < -0.3 is 14.8 Å². The largest absolute Gasteiger partial charge is 0.495 e. The van der Waals surface area contributed by atoms with E-state index in [1.165, 1.54) is 18.9 Å². The summed E-state index contributed by atoms with van der Waals surface area (Å²) >= 11 is 7.25. The normalized spacial score (nSPS) is 15.9. The minimum Gasteiger partial charge on any atom is -0.495 e. The Labute approximate surface area is 188 Å². The van der Waals surface area contributed by atoms with E-state index in [9.17, 15) is 9.59 Å². The van der Waals surface area contributed by atoms with E-state index < -0.39 is 0 Å². The maximum atomic E-state index is 13.1. The van der Waals surface area contributed by atoms with Crippen molar-refractivity contribution >= 4 is 45.9 Å². The van der Waals surface area contributed by atoms with Crippen molar-refractivity contribution < 1.29 is 14.3 Å². The third-order valence-corrected chi connectivity index (χ3v) is 6.22. The van der Waals surface area contributed by atoms with Crippen LogP contribution in [0.2, 0.25) is 5.02 Å². The van der Waals surface area contributed by atoms with E-state index in [1.807, 2.05) is 12.1 Å². The van der Waals surface area contributed by atoms with Gasteiger partial charge in [-0.15, -0.1) is 0 Å². The fourth-order valence-electron chi connectivity index (χ4n) is 3.51. The first-order valence-electron chi connectivity index (χ1n) is 9.92. The van der Waals surface area contributed by atoms with Crippen LogP contribution < -0.4 is 15.6 Å². The molecule has 0 unspecified atom stereocenters. The first-order valence-corrected chi connectivity index (χ1v) is 11.3. The lowest BCUT2D eigenvalue weighted by atomic mass is 10.2. The maximum Gasteiger partial charge on any atom is 0.262 e. The lowest BCUT2D eigenvalue weighted by Gasteiger charge is -2.16. The van der Waals surface area contributed by atoms with Crippen molar-refractivity contribution in [3.63, 3.8) is 0 Å². The summed E-state index contributed by atoms with van der Waals surface area (Å²) in [7, 11) is 1.52. The molecule has 7 nitrogen and oxygen atoms in total. The second-order valence-corrected chi connectivity index (χ2v) is 8.52. The van der Waals surface area contributed by atoms with Crippen LogP contribution in [-0.4, -0.2) is 41.0 Å². The van der Waals surface area contributed by atoms with E-state index in [0.717, 1.165) is 12.8 Å². The number of rotatable bonds is 7.